The van der Waals surface area contributed by atoms with Gasteiger partial charge in [-0.15, -0.1) is 0 Å². The van der Waals surface area contributed by atoms with Gasteiger partial charge >= 0.3 is 6.41 Å². The molecule has 0 rings (SSSR count). The van der Waals surface area contributed by atoms with Crippen molar-refractivity contribution in [2.75, 3.05) is 19.8 Å². The minimum absolute atomic E-state index is 0.519. The van der Waals surface area contributed by atoms with Crippen molar-refractivity contribution in [1.29, 1.82) is 0 Å². The molecule has 0 aromatic carbocycles. The van der Waals surface area contributed by atoms with E-state index in [1.165, 1.54) is 6.41 Å². The third-order valence-corrected chi connectivity index (χ3v) is 1.22. The summed E-state index contributed by atoms with van der Waals surface area (Å²) in [5.41, 5.74) is -1.33. The van der Waals surface area contributed by atoms with Gasteiger partial charge in [0.05, 0.1) is 19.8 Å². The zero-order valence-corrected chi connectivity index (χ0v) is 5.37. The number of nitrogens with one attached hydrogen (secondary N) is 1. The lowest BCUT2D eigenvalue weighted by atomic mass is 10.0. The summed E-state index contributed by atoms with van der Waals surface area (Å²) in [7, 11) is 0. The first-order valence-corrected chi connectivity index (χ1v) is 2.71. The second-order valence-electron chi connectivity index (χ2n) is 1.98. The van der Waals surface area contributed by atoms with E-state index in [0.717, 1.165) is 0 Å². The molecule has 1 radical (unpaired) electrons. The fourth-order valence-corrected chi connectivity index (χ4v) is 0.377. The molecule has 4 N–H and O–H groups in total. The molecular formula is C5H10NO4. The predicted molar refractivity (Wildman–Crippen MR) is 32.8 cm³/mol. The molecule has 0 aliphatic carbocycles. The van der Waals surface area contributed by atoms with E-state index >= 15 is 0 Å². The predicted octanol–water partition coefficient (Wildman–Crippen LogP) is -2.64. The molecule has 0 atom stereocenters. The molecule has 0 unspecified atom stereocenters. The van der Waals surface area contributed by atoms with Crippen LogP contribution in [0, 0.1) is 0 Å². The minimum Gasteiger partial charge on any atom is -0.394 e. The van der Waals surface area contributed by atoms with Crippen LogP contribution in [0.3, 0.4) is 0 Å². The van der Waals surface area contributed by atoms with Gasteiger partial charge in [0, 0.05) is 0 Å². The first-order valence-electron chi connectivity index (χ1n) is 2.71. The molecule has 0 fully saturated rings. The Morgan fingerprint density at radius 3 is 1.70 bits per heavy atom. The van der Waals surface area contributed by atoms with Crippen LogP contribution in [0.5, 0.6) is 0 Å². The zero-order valence-electron chi connectivity index (χ0n) is 5.37. The van der Waals surface area contributed by atoms with Crippen LogP contribution in [0.4, 0.5) is 0 Å². The van der Waals surface area contributed by atoms with E-state index < -0.39 is 25.4 Å². The van der Waals surface area contributed by atoms with Gasteiger partial charge in [-0.05, 0) is 0 Å². The summed E-state index contributed by atoms with van der Waals surface area (Å²) in [5, 5.41) is 27.6. The van der Waals surface area contributed by atoms with Crippen LogP contribution in [0.2, 0.25) is 0 Å². The van der Waals surface area contributed by atoms with Crippen molar-refractivity contribution >= 4 is 6.41 Å². The van der Waals surface area contributed by atoms with Gasteiger partial charge in [-0.2, -0.15) is 0 Å². The lowest BCUT2D eigenvalue weighted by Gasteiger charge is -2.25. The van der Waals surface area contributed by atoms with Crippen molar-refractivity contribution < 1.29 is 20.1 Å². The minimum atomic E-state index is -1.33. The van der Waals surface area contributed by atoms with E-state index in [1.807, 2.05) is 5.32 Å². The largest absolute Gasteiger partial charge is 0.394 e. The van der Waals surface area contributed by atoms with E-state index in [1.54, 1.807) is 0 Å². The van der Waals surface area contributed by atoms with Crippen molar-refractivity contribution in [1.82, 2.24) is 5.32 Å². The van der Waals surface area contributed by atoms with Gasteiger partial charge in [-0.25, -0.2) is 0 Å². The normalized spacial score (nSPS) is 11.1. The Kier molecular flexibility index (Phi) is 3.94. The average molecular weight is 148 g/mol. The maximum atomic E-state index is 9.73. The molecule has 0 heterocycles. The highest BCUT2D eigenvalue weighted by Crippen LogP contribution is 1.98. The van der Waals surface area contributed by atoms with Gasteiger partial charge in [-0.1, -0.05) is 0 Å². The Hall–Kier alpha value is -0.650. The molecule has 5 nitrogen and oxygen atoms in total. The highest BCUT2D eigenvalue weighted by Gasteiger charge is 2.26. The number of hydrogen-bond donors (Lipinski definition) is 4. The topological polar surface area (TPSA) is 89.8 Å². The van der Waals surface area contributed by atoms with E-state index in [-0.39, 0.29) is 0 Å². The zero-order chi connectivity index (χ0) is 8.04. The standard InChI is InChI=1S/C5H10NO4/c7-1-5(2-8,3-9)6-4-10/h7-9H,1-3H2,(H,6,10). The molecule has 0 spiro atoms. The quantitative estimate of drug-likeness (QED) is 0.321. The van der Waals surface area contributed by atoms with Gasteiger partial charge in [0.15, 0.2) is 0 Å². The summed E-state index contributed by atoms with van der Waals surface area (Å²) in [5.74, 6) is 0. The lowest BCUT2D eigenvalue weighted by molar-refractivity contribution is 0.0553. The number of aliphatic hydroxyl groups is 3. The number of aliphatic hydroxyl groups excluding tert-OH is 3. The van der Waals surface area contributed by atoms with E-state index in [9.17, 15) is 4.79 Å². The molecule has 59 valence electrons. The molecule has 0 saturated carbocycles. The lowest BCUT2D eigenvalue weighted by Crippen LogP contribution is -2.54. The highest BCUT2D eigenvalue weighted by atomic mass is 16.3. The van der Waals surface area contributed by atoms with Gasteiger partial charge in [0.25, 0.3) is 0 Å². The maximum Gasteiger partial charge on any atom is 0.310 e. The number of amides is 1. The van der Waals surface area contributed by atoms with Crippen molar-refractivity contribution in [2.45, 2.75) is 5.54 Å². The fraction of sp³-hybridized carbons (Fsp3) is 0.800. The molecule has 0 bridgehead atoms. The third kappa shape index (κ3) is 1.94. The monoisotopic (exact) mass is 148 g/mol. The third-order valence-electron chi connectivity index (χ3n) is 1.22. The molecular weight excluding hydrogens is 138 g/mol. The summed E-state index contributed by atoms with van der Waals surface area (Å²) in [4.78, 5) is 9.73. The molecule has 1 amide bonds. The second kappa shape index (κ2) is 4.21. The first kappa shape index (κ1) is 9.35. The van der Waals surface area contributed by atoms with Crippen molar-refractivity contribution in [3.8, 4) is 0 Å². The van der Waals surface area contributed by atoms with Crippen LogP contribution in [-0.4, -0.2) is 47.1 Å². The van der Waals surface area contributed by atoms with Crippen molar-refractivity contribution in [2.24, 2.45) is 0 Å². The summed E-state index contributed by atoms with van der Waals surface area (Å²) < 4.78 is 0. The van der Waals surface area contributed by atoms with E-state index in [2.05, 4.69) is 0 Å². The fourth-order valence-electron chi connectivity index (χ4n) is 0.377. The SMILES string of the molecule is O=[C]NC(CO)(CO)CO. The van der Waals surface area contributed by atoms with E-state index in [4.69, 9.17) is 15.3 Å². The molecule has 5 heteroatoms. The Bertz CT molecular complexity index is 93.6. The van der Waals surface area contributed by atoms with Gasteiger partial charge in [0.1, 0.15) is 5.54 Å². The molecule has 0 aromatic heterocycles. The Morgan fingerprint density at radius 1 is 1.20 bits per heavy atom. The Labute approximate surface area is 58.3 Å². The van der Waals surface area contributed by atoms with Crippen LogP contribution in [0.15, 0.2) is 0 Å². The van der Waals surface area contributed by atoms with Crippen molar-refractivity contribution in [3.05, 3.63) is 0 Å². The summed E-state index contributed by atoms with van der Waals surface area (Å²) in [6.45, 7) is -1.56. The van der Waals surface area contributed by atoms with Gasteiger partial charge in [0.2, 0.25) is 0 Å². The smallest absolute Gasteiger partial charge is 0.310 e. The van der Waals surface area contributed by atoms with Gasteiger partial charge < -0.3 is 20.6 Å². The highest BCUT2D eigenvalue weighted by molar-refractivity contribution is 5.49. The second-order valence-corrected chi connectivity index (χ2v) is 1.98. The first-order chi connectivity index (χ1) is 4.74. The van der Waals surface area contributed by atoms with E-state index in [0.29, 0.717) is 0 Å². The van der Waals surface area contributed by atoms with Gasteiger partial charge in [-0.3, -0.25) is 4.79 Å². The Balaban J connectivity index is 4.00. The maximum absolute atomic E-state index is 9.73. The number of hydrogen-bond acceptors (Lipinski definition) is 4. The molecule has 0 aromatic rings. The number of rotatable bonds is 5. The molecule has 0 aliphatic rings. The van der Waals surface area contributed by atoms with Crippen molar-refractivity contribution in [3.63, 3.8) is 0 Å². The van der Waals surface area contributed by atoms with Crippen LogP contribution in [0.1, 0.15) is 0 Å². The summed E-state index contributed by atoms with van der Waals surface area (Å²) in [6, 6.07) is 0. The summed E-state index contributed by atoms with van der Waals surface area (Å²) >= 11 is 0. The van der Waals surface area contributed by atoms with Crippen LogP contribution in [0.25, 0.3) is 0 Å². The average Bonchev–Trinajstić information content (AvgIpc) is 2.01. The van der Waals surface area contributed by atoms with Crippen LogP contribution >= 0.6 is 0 Å². The van der Waals surface area contributed by atoms with Crippen LogP contribution in [-0.2, 0) is 4.79 Å². The Morgan fingerprint density at radius 2 is 1.60 bits per heavy atom. The summed E-state index contributed by atoms with van der Waals surface area (Å²) in [6.07, 6.45) is 1.28. The molecule has 10 heavy (non-hydrogen) atoms. The van der Waals surface area contributed by atoms with Crippen LogP contribution < -0.4 is 5.32 Å². The molecule has 0 saturated heterocycles. The number of carbonyl (C=O) groups excluding carboxylic acids is 1. The molecule has 0 aliphatic heterocycles.